The van der Waals surface area contributed by atoms with Gasteiger partial charge < -0.3 is 24.4 Å². The lowest BCUT2D eigenvalue weighted by molar-refractivity contribution is -0.122. The molecule has 4 rings (SSSR count). The molecule has 36 heavy (non-hydrogen) atoms. The minimum Gasteiger partial charge on any atom is -0.497 e. The summed E-state index contributed by atoms with van der Waals surface area (Å²) in [6.07, 6.45) is 5.13. The van der Waals surface area contributed by atoms with Crippen molar-refractivity contribution in [1.82, 2.24) is 15.2 Å². The molecule has 2 amide bonds. The molecule has 0 saturated heterocycles. The zero-order valence-corrected chi connectivity index (χ0v) is 20.4. The van der Waals surface area contributed by atoms with Crippen LogP contribution in [0.4, 0.5) is 0 Å². The predicted molar refractivity (Wildman–Crippen MR) is 135 cm³/mol. The molecule has 3 aromatic rings. The van der Waals surface area contributed by atoms with Crippen molar-refractivity contribution in [2.75, 3.05) is 26.8 Å². The monoisotopic (exact) mass is 489 g/mol. The number of carbonyl (C=O) groups excluding carboxylic acids is 2. The summed E-state index contributed by atoms with van der Waals surface area (Å²) < 4.78 is 17.2. The van der Waals surface area contributed by atoms with E-state index in [9.17, 15) is 9.59 Å². The Balaban J connectivity index is 1.52. The Morgan fingerprint density at radius 3 is 2.72 bits per heavy atom. The van der Waals surface area contributed by atoms with Crippen LogP contribution in [-0.2, 0) is 11.3 Å². The van der Waals surface area contributed by atoms with Crippen molar-refractivity contribution < 1.29 is 23.8 Å². The number of hydrogen-bond acceptors (Lipinski definition) is 6. The van der Waals surface area contributed by atoms with Gasteiger partial charge in [0.05, 0.1) is 20.3 Å². The van der Waals surface area contributed by atoms with Crippen molar-refractivity contribution in [2.45, 2.75) is 32.2 Å². The predicted octanol–water partition coefficient (Wildman–Crippen LogP) is 4.59. The minimum absolute atomic E-state index is 0.0587. The molecule has 0 aliphatic carbocycles. The number of carbonyl (C=O) groups is 2. The first-order valence-corrected chi connectivity index (χ1v) is 12.2. The Labute approximate surface area is 211 Å². The number of benzene rings is 2. The summed E-state index contributed by atoms with van der Waals surface area (Å²) in [6.45, 7) is 1.31. The van der Waals surface area contributed by atoms with Gasteiger partial charge in [0.25, 0.3) is 5.91 Å². The molecule has 0 fully saturated rings. The molecule has 1 N–H and O–H groups in total. The molecule has 0 saturated carbocycles. The maximum absolute atomic E-state index is 13.6. The number of methoxy groups -OCH3 is 1. The fourth-order valence-electron chi connectivity index (χ4n) is 3.97. The summed E-state index contributed by atoms with van der Waals surface area (Å²) in [5.74, 6) is 1.46. The van der Waals surface area contributed by atoms with Crippen molar-refractivity contribution >= 4 is 11.8 Å². The van der Waals surface area contributed by atoms with Gasteiger partial charge in [-0.2, -0.15) is 0 Å². The largest absolute Gasteiger partial charge is 0.497 e. The molecule has 0 atom stereocenters. The standard InChI is InChI=1S/C28H31N3O5/c1-34-22-11-8-10-21(18-22)19-30-26(32)20-31-16-6-2-3-7-17-35-24-13-4-5-14-25(24)36-27-23(28(31)33)12-9-15-29-27/h4-5,8-15,18H,2-3,6-7,16-17,19-20H2,1H3,(H,30,32). The van der Waals surface area contributed by atoms with E-state index >= 15 is 0 Å². The number of amides is 2. The highest BCUT2D eigenvalue weighted by Crippen LogP contribution is 2.32. The summed E-state index contributed by atoms with van der Waals surface area (Å²) in [7, 11) is 1.60. The Morgan fingerprint density at radius 2 is 1.86 bits per heavy atom. The number of nitrogens with zero attached hydrogens (tertiary/aromatic N) is 2. The first kappa shape index (κ1) is 25.0. The molecule has 8 nitrogen and oxygen atoms in total. The van der Waals surface area contributed by atoms with E-state index in [1.165, 1.54) is 0 Å². The van der Waals surface area contributed by atoms with E-state index in [0.717, 1.165) is 37.0 Å². The average Bonchev–Trinajstić information content (AvgIpc) is 2.91. The van der Waals surface area contributed by atoms with Gasteiger partial charge in [-0.15, -0.1) is 0 Å². The van der Waals surface area contributed by atoms with Crippen LogP contribution < -0.4 is 19.5 Å². The van der Waals surface area contributed by atoms with Gasteiger partial charge in [0.15, 0.2) is 11.5 Å². The van der Waals surface area contributed by atoms with Gasteiger partial charge in [-0.05, 0) is 54.8 Å². The van der Waals surface area contributed by atoms with Gasteiger partial charge in [-0.1, -0.05) is 37.1 Å². The summed E-state index contributed by atoms with van der Waals surface area (Å²) >= 11 is 0. The lowest BCUT2D eigenvalue weighted by Crippen LogP contribution is -2.41. The van der Waals surface area contributed by atoms with Gasteiger partial charge in [0, 0.05) is 19.3 Å². The van der Waals surface area contributed by atoms with Crippen LogP contribution in [0.1, 0.15) is 41.6 Å². The minimum atomic E-state index is -0.301. The Bertz CT molecular complexity index is 1180. The molecule has 0 bridgehead atoms. The molecular weight excluding hydrogens is 458 g/mol. The number of rotatable bonds is 5. The van der Waals surface area contributed by atoms with Crippen LogP contribution in [0, 0.1) is 0 Å². The fourth-order valence-corrected chi connectivity index (χ4v) is 3.97. The van der Waals surface area contributed by atoms with Crippen LogP contribution in [-0.4, -0.2) is 48.5 Å². The molecule has 188 valence electrons. The van der Waals surface area contributed by atoms with Crippen molar-refractivity contribution in [2.24, 2.45) is 0 Å². The Morgan fingerprint density at radius 1 is 1.03 bits per heavy atom. The van der Waals surface area contributed by atoms with Crippen LogP contribution >= 0.6 is 0 Å². The third-order valence-corrected chi connectivity index (χ3v) is 5.88. The van der Waals surface area contributed by atoms with Crippen LogP contribution in [0.15, 0.2) is 66.9 Å². The van der Waals surface area contributed by atoms with E-state index in [2.05, 4.69) is 10.3 Å². The molecule has 1 aliphatic rings. The second-order valence-electron chi connectivity index (χ2n) is 8.52. The quantitative estimate of drug-likeness (QED) is 0.564. The molecular formula is C28H31N3O5. The van der Waals surface area contributed by atoms with Crippen molar-refractivity contribution in [1.29, 1.82) is 0 Å². The van der Waals surface area contributed by atoms with Crippen LogP contribution in [0.25, 0.3) is 0 Å². The third-order valence-electron chi connectivity index (χ3n) is 5.88. The molecule has 2 heterocycles. The molecule has 1 aliphatic heterocycles. The summed E-state index contributed by atoms with van der Waals surface area (Å²) in [4.78, 5) is 32.3. The van der Waals surface area contributed by atoms with Gasteiger partial charge in [-0.3, -0.25) is 9.59 Å². The molecule has 0 radical (unpaired) electrons. The van der Waals surface area contributed by atoms with Gasteiger partial charge in [-0.25, -0.2) is 4.98 Å². The topological polar surface area (TPSA) is 90.0 Å². The average molecular weight is 490 g/mol. The summed E-state index contributed by atoms with van der Waals surface area (Å²) in [6, 6.07) is 18.2. The van der Waals surface area contributed by atoms with Crippen molar-refractivity contribution in [3.63, 3.8) is 0 Å². The van der Waals surface area contributed by atoms with E-state index in [4.69, 9.17) is 14.2 Å². The molecule has 0 spiro atoms. The zero-order chi connectivity index (χ0) is 25.2. The van der Waals surface area contributed by atoms with Gasteiger partial charge >= 0.3 is 0 Å². The molecule has 1 aromatic heterocycles. The van der Waals surface area contributed by atoms with E-state index in [1.807, 2.05) is 42.5 Å². The normalized spacial score (nSPS) is 14.4. The molecule has 0 unspecified atom stereocenters. The van der Waals surface area contributed by atoms with E-state index in [0.29, 0.717) is 36.8 Å². The Hall–Kier alpha value is -4.07. The maximum Gasteiger partial charge on any atom is 0.259 e. The van der Waals surface area contributed by atoms with Crippen LogP contribution in [0.2, 0.25) is 0 Å². The van der Waals surface area contributed by atoms with E-state index in [-0.39, 0.29) is 24.2 Å². The first-order valence-electron chi connectivity index (χ1n) is 12.2. The lowest BCUT2D eigenvalue weighted by atomic mass is 10.1. The van der Waals surface area contributed by atoms with Crippen LogP contribution in [0.3, 0.4) is 0 Å². The second-order valence-corrected chi connectivity index (χ2v) is 8.52. The number of hydrogen-bond donors (Lipinski definition) is 1. The summed E-state index contributed by atoms with van der Waals surface area (Å²) in [5.41, 5.74) is 1.21. The number of aromatic nitrogens is 1. The Kier molecular flexibility index (Phi) is 8.75. The van der Waals surface area contributed by atoms with Gasteiger partial charge in [0.2, 0.25) is 11.8 Å². The number of fused-ring (bicyclic) bond motifs is 2. The third kappa shape index (κ3) is 6.75. The van der Waals surface area contributed by atoms with Crippen molar-refractivity contribution in [3.8, 4) is 23.1 Å². The van der Waals surface area contributed by atoms with E-state index < -0.39 is 0 Å². The van der Waals surface area contributed by atoms with Crippen molar-refractivity contribution in [3.05, 3.63) is 78.0 Å². The fraction of sp³-hybridized carbons (Fsp3) is 0.321. The SMILES string of the molecule is COc1cccc(CNC(=O)CN2CCCCCCOc3ccccc3Oc3ncccc3C2=O)c1. The highest BCUT2D eigenvalue weighted by Gasteiger charge is 2.23. The number of pyridine rings is 1. The number of ether oxygens (including phenoxy) is 3. The maximum atomic E-state index is 13.6. The van der Waals surface area contributed by atoms with Crippen LogP contribution in [0.5, 0.6) is 23.1 Å². The zero-order valence-electron chi connectivity index (χ0n) is 20.4. The van der Waals surface area contributed by atoms with Gasteiger partial charge in [0.1, 0.15) is 11.3 Å². The smallest absolute Gasteiger partial charge is 0.259 e. The van der Waals surface area contributed by atoms with E-state index in [1.54, 1.807) is 36.4 Å². The lowest BCUT2D eigenvalue weighted by Gasteiger charge is -2.23. The molecule has 8 heteroatoms. The number of para-hydroxylation sites is 2. The molecule has 2 aromatic carbocycles. The number of nitrogens with one attached hydrogen (secondary N) is 1. The highest BCUT2D eigenvalue weighted by molar-refractivity contribution is 5.98. The first-order chi connectivity index (χ1) is 17.6. The second kappa shape index (κ2) is 12.6. The summed E-state index contributed by atoms with van der Waals surface area (Å²) in [5, 5.41) is 2.91. The highest BCUT2D eigenvalue weighted by atomic mass is 16.5.